The van der Waals surface area contributed by atoms with E-state index in [0.29, 0.717) is 17.4 Å². The maximum atomic E-state index is 12.8. The lowest BCUT2D eigenvalue weighted by molar-refractivity contribution is -0.870. The van der Waals surface area contributed by atoms with Gasteiger partial charge in [0, 0.05) is 12.8 Å². The summed E-state index contributed by atoms with van der Waals surface area (Å²) in [6.45, 7) is 4.10. The Morgan fingerprint density at radius 1 is 0.372 bits per heavy atom. The van der Waals surface area contributed by atoms with Crippen LogP contribution in [0.4, 0.5) is 0 Å². The van der Waals surface area contributed by atoms with Crippen molar-refractivity contribution in [3.63, 3.8) is 0 Å². The number of carbonyl (C=O) groups is 2. The van der Waals surface area contributed by atoms with Gasteiger partial charge in [-0.05, 0) is 103 Å². The van der Waals surface area contributed by atoms with Crippen molar-refractivity contribution in [3.8, 4) is 0 Å². The molecule has 0 aromatic heterocycles. The lowest BCUT2D eigenvalue weighted by atomic mass is 10.0. The van der Waals surface area contributed by atoms with Gasteiger partial charge in [0.15, 0.2) is 6.10 Å². The second kappa shape index (κ2) is 66.1. The first-order valence-corrected chi connectivity index (χ1v) is 37.1. The third kappa shape index (κ3) is 69.8. The summed E-state index contributed by atoms with van der Waals surface area (Å²) in [4.78, 5) is 38.0. The molecule has 0 aromatic carbocycles. The van der Waals surface area contributed by atoms with E-state index in [1.54, 1.807) is 0 Å². The van der Waals surface area contributed by atoms with Crippen LogP contribution in [0.25, 0.3) is 0 Å². The van der Waals surface area contributed by atoms with Crippen LogP contribution in [-0.4, -0.2) is 70.0 Å². The van der Waals surface area contributed by atoms with Gasteiger partial charge in [-0.1, -0.05) is 303 Å². The molecule has 0 fully saturated rings. The molecule has 0 saturated heterocycles. The Kier molecular flexibility index (Phi) is 63.5. The highest BCUT2D eigenvalue weighted by atomic mass is 31.2. The maximum absolute atomic E-state index is 12.8. The summed E-state index contributed by atoms with van der Waals surface area (Å²) in [6.07, 6.45) is 93.3. The molecule has 86 heavy (non-hydrogen) atoms. The fourth-order valence-corrected chi connectivity index (χ4v) is 10.6. The van der Waals surface area contributed by atoms with Gasteiger partial charge < -0.3 is 27.9 Å². The molecule has 0 aromatic rings. The first-order valence-electron chi connectivity index (χ1n) is 35.6. The van der Waals surface area contributed by atoms with E-state index >= 15 is 0 Å². The molecule has 10 heteroatoms. The second-order valence-electron chi connectivity index (χ2n) is 24.9. The monoisotopic (exact) mass is 1220 g/mol. The Labute approximate surface area is 531 Å². The molecule has 0 rings (SSSR count). The van der Waals surface area contributed by atoms with Crippen LogP contribution in [-0.2, 0) is 32.7 Å². The molecule has 0 aliphatic rings. The number of carbonyl (C=O) groups excluding carboxylic acids is 2. The van der Waals surface area contributed by atoms with E-state index in [2.05, 4.69) is 123 Å². The summed E-state index contributed by atoms with van der Waals surface area (Å²) in [5, 5.41) is 0. The zero-order valence-electron chi connectivity index (χ0n) is 56.5. The molecule has 0 N–H and O–H groups in total. The standard InChI is InChI=1S/C76H134NO8P/c1-6-8-10-12-14-16-18-20-22-24-26-28-30-32-33-34-35-36-37-38-39-40-41-42-43-45-46-48-50-52-54-56-58-60-62-64-66-68-75(78)82-72-74(73-84-86(80,81)83-71-70-77(3,4)5)85-76(79)69-67-65-63-61-59-57-55-53-51-49-47-44-31-29-27-25-23-21-19-17-15-13-11-9-7-2/h9,11,15,17-18,20-21,23-24,26-27,29,44,47,51,53,57,59,74H,6-8,10,12-14,16,19,22,25,28,30-43,45-46,48-50,52,54-56,58,60-73H2,1-5H3/b11-9-,17-15-,20-18-,23-21-,26-24-,29-27-,47-44-,53-51-,59-57-. The Morgan fingerprint density at radius 3 is 1.00 bits per heavy atom. The Balaban J connectivity index is 4.03. The Hall–Kier alpha value is -3.33. The van der Waals surface area contributed by atoms with Crippen molar-refractivity contribution < 1.29 is 42.1 Å². The van der Waals surface area contributed by atoms with Crippen LogP contribution in [0.1, 0.15) is 309 Å². The highest BCUT2D eigenvalue weighted by Crippen LogP contribution is 2.38. The van der Waals surface area contributed by atoms with Crippen molar-refractivity contribution in [2.45, 2.75) is 315 Å². The van der Waals surface area contributed by atoms with Crippen molar-refractivity contribution in [2.24, 2.45) is 0 Å². The number of allylic oxidation sites excluding steroid dienone is 18. The fourth-order valence-electron chi connectivity index (χ4n) is 9.85. The van der Waals surface area contributed by atoms with Gasteiger partial charge in [-0.15, -0.1) is 0 Å². The molecule has 2 unspecified atom stereocenters. The molecular formula is C76H134NO8P. The number of quaternary nitrogens is 1. The summed E-state index contributed by atoms with van der Waals surface area (Å²) < 4.78 is 34.3. The van der Waals surface area contributed by atoms with Gasteiger partial charge in [0.25, 0.3) is 7.82 Å². The molecule has 0 amide bonds. The van der Waals surface area contributed by atoms with Gasteiger partial charge in [-0.2, -0.15) is 0 Å². The van der Waals surface area contributed by atoms with Crippen molar-refractivity contribution >= 4 is 19.8 Å². The van der Waals surface area contributed by atoms with Crippen LogP contribution >= 0.6 is 7.82 Å². The average molecular weight is 1220 g/mol. The molecule has 496 valence electrons. The van der Waals surface area contributed by atoms with Crippen LogP contribution in [0, 0.1) is 0 Å². The lowest BCUT2D eigenvalue weighted by Crippen LogP contribution is -2.37. The van der Waals surface area contributed by atoms with Gasteiger partial charge in [-0.25, -0.2) is 0 Å². The minimum absolute atomic E-state index is 0.0418. The number of esters is 2. The van der Waals surface area contributed by atoms with Crippen LogP contribution < -0.4 is 4.89 Å². The zero-order chi connectivity index (χ0) is 62.6. The van der Waals surface area contributed by atoms with E-state index in [1.165, 1.54) is 186 Å². The van der Waals surface area contributed by atoms with E-state index in [0.717, 1.165) is 89.9 Å². The average Bonchev–Trinajstić information content (AvgIpc) is 3.70. The highest BCUT2D eigenvalue weighted by molar-refractivity contribution is 7.45. The molecule has 0 aliphatic carbocycles. The van der Waals surface area contributed by atoms with Gasteiger partial charge >= 0.3 is 11.9 Å². The third-order valence-electron chi connectivity index (χ3n) is 15.3. The SMILES string of the molecule is CC/C=C\C/C=C\C/C=C\C/C=C\C/C=C\C/C=C\C/C=C\CCCCCC(=O)OC(COC(=O)CCCCCCCCCCCCCCCCCCCCCCCCCCC/C=C\C/C=C\CCCCCCC)COP(=O)([O-])OCC[N+](C)(C)C. The maximum Gasteiger partial charge on any atom is 0.306 e. The van der Waals surface area contributed by atoms with E-state index in [9.17, 15) is 19.0 Å². The van der Waals surface area contributed by atoms with Gasteiger partial charge in [0.1, 0.15) is 19.8 Å². The van der Waals surface area contributed by atoms with Crippen molar-refractivity contribution in [3.05, 3.63) is 109 Å². The molecule has 0 radical (unpaired) electrons. The summed E-state index contributed by atoms with van der Waals surface area (Å²) in [5.41, 5.74) is 0. The molecule has 0 bridgehead atoms. The third-order valence-corrected chi connectivity index (χ3v) is 16.2. The Morgan fingerprint density at radius 2 is 0.663 bits per heavy atom. The highest BCUT2D eigenvalue weighted by Gasteiger charge is 2.22. The van der Waals surface area contributed by atoms with Gasteiger partial charge in [0.2, 0.25) is 0 Å². The first kappa shape index (κ1) is 82.7. The smallest absolute Gasteiger partial charge is 0.306 e. The fraction of sp³-hybridized carbons (Fsp3) is 0.737. The van der Waals surface area contributed by atoms with Gasteiger partial charge in [-0.3, -0.25) is 14.2 Å². The largest absolute Gasteiger partial charge is 0.756 e. The van der Waals surface area contributed by atoms with Crippen LogP contribution in [0.3, 0.4) is 0 Å². The van der Waals surface area contributed by atoms with Crippen molar-refractivity contribution in [2.75, 3.05) is 47.5 Å². The molecule has 0 aliphatic heterocycles. The number of phosphoric acid groups is 1. The minimum Gasteiger partial charge on any atom is -0.756 e. The number of ether oxygens (including phenoxy) is 2. The topological polar surface area (TPSA) is 111 Å². The number of rotatable bonds is 65. The predicted octanol–water partition coefficient (Wildman–Crippen LogP) is 22.6. The van der Waals surface area contributed by atoms with E-state index in [4.69, 9.17) is 18.5 Å². The summed E-state index contributed by atoms with van der Waals surface area (Å²) in [6, 6.07) is 0. The zero-order valence-corrected chi connectivity index (χ0v) is 57.4. The van der Waals surface area contributed by atoms with E-state index in [1.807, 2.05) is 21.1 Å². The lowest BCUT2D eigenvalue weighted by Gasteiger charge is -2.28. The number of hydrogen-bond acceptors (Lipinski definition) is 8. The number of unbranched alkanes of at least 4 members (excludes halogenated alkanes) is 33. The predicted molar refractivity (Wildman–Crippen MR) is 369 cm³/mol. The number of phosphoric ester groups is 1. The number of likely N-dealkylation sites (N-methyl/N-ethyl adjacent to an activating group) is 1. The van der Waals surface area contributed by atoms with Crippen molar-refractivity contribution in [1.82, 2.24) is 0 Å². The summed E-state index contributed by atoms with van der Waals surface area (Å²) in [5.74, 6) is -0.867. The quantitative estimate of drug-likeness (QED) is 0.0195. The minimum atomic E-state index is -4.66. The van der Waals surface area contributed by atoms with Gasteiger partial charge in [0.05, 0.1) is 27.7 Å². The first-order chi connectivity index (χ1) is 42.0. The Bertz CT molecular complexity index is 1820. The van der Waals surface area contributed by atoms with Crippen LogP contribution in [0.2, 0.25) is 0 Å². The van der Waals surface area contributed by atoms with Crippen LogP contribution in [0.15, 0.2) is 109 Å². The molecular weight excluding hydrogens is 1090 g/mol. The number of hydrogen-bond donors (Lipinski definition) is 0. The molecule has 9 nitrogen and oxygen atoms in total. The second-order valence-corrected chi connectivity index (χ2v) is 26.3. The van der Waals surface area contributed by atoms with Crippen LogP contribution in [0.5, 0.6) is 0 Å². The normalized spacial score (nSPS) is 13.8. The summed E-state index contributed by atoms with van der Waals surface area (Å²) >= 11 is 0. The van der Waals surface area contributed by atoms with E-state index < -0.39 is 32.5 Å². The molecule has 0 heterocycles. The number of nitrogens with zero attached hydrogens (tertiary/aromatic N) is 1. The van der Waals surface area contributed by atoms with Crippen molar-refractivity contribution in [1.29, 1.82) is 0 Å². The molecule has 0 spiro atoms. The molecule has 0 saturated carbocycles. The summed E-state index contributed by atoms with van der Waals surface area (Å²) in [7, 11) is 1.14. The molecule has 2 atom stereocenters. The van der Waals surface area contributed by atoms with E-state index in [-0.39, 0.29) is 26.1 Å².